The lowest BCUT2D eigenvalue weighted by Gasteiger charge is -2.56. The number of rotatable bonds is 1. The van der Waals surface area contributed by atoms with Crippen LogP contribution in [-0.2, 0) is 14.3 Å². The number of esters is 1. The van der Waals surface area contributed by atoms with E-state index in [4.69, 9.17) is 4.74 Å². The first kappa shape index (κ1) is 16.2. The molecular weight excluding hydrogens is 302 g/mol. The Hall–Kier alpha value is -1.32. The zero-order chi connectivity index (χ0) is 17.1. The largest absolute Gasteiger partial charge is 0.462 e. The molecule has 1 N–H and O–H groups in total. The average Bonchev–Trinajstić information content (AvgIpc) is 2.84. The van der Waals surface area contributed by atoms with Crippen molar-refractivity contribution in [1.82, 2.24) is 5.32 Å². The first-order valence-electron chi connectivity index (χ1n) is 9.52. The molecule has 0 aromatic rings. The highest BCUT2D eigenvalue weighted by Gasteiger charge is 2.59. The highest BCUT2D eigenvalue weighted by atomic mass is 16.5. The fraction of sp³-hybridized carbons (Fsp3) is 0.800. The van der Waals surface area contributed by atoms with Crippen LogP contribution in [0.15, 0.2) is 11.8 Å². The number of hydrogen-bond acceptors (Lipinski definition) is 3. The Labute approximate surface area is 144 Å². The molecule has 0 spiro atoms. The molecule has 1 heterocycles. The number of ether oxygens (including phenoxy) is 1. The van der Waals surface area contributed by atoms with Gasteiger partial charge in [-0.15, -0.1) is 0 Å². The topological polar surface area (TPSA) is 55.4 Å². The lowest BCUT2D eigenvalue weighted by Crippen LogP contribution is -2.54. The smallest absolute Gasteiger partial charge is 0.302 e. The van der Waals surface area contributed by atoms with Crippen molar-refractivity contribution in [3.05, 3.63) is 11.8 Å². The molecule has 1 aliphatic heterocycles. The van der Waals surface area contributed by atoms with Gasteiger partial charge in [0.05, 0.1) is 0 Å². The molecule has 1 amide bonds. The number of nitrogens with one attached hydrogen (secondary N) is 1. The summed E-state index contributed by atoms with van der Waals surface area (Å²) >= 11 is 0. The second kappa shape index (κ2) is 5.34. The number of carbonyl (C=O) groups excluding carboxylic acids is 2. The first-order valence-corrected chi connectivity index (χ1v) is 9.52. The molecule has 0 bridgehead atoms. The molecular formula is C20H29NO3. The van der Waals surface area contributed by atoms with Crippen LogP contribution in [0.1, 0.15) is 65.7 Å². The summed E-state index contributed by atoms with van der Waals surface area (Å²) in [6.45, 7) is 6.23. The van der Waals surface area contributed by atoms with E-state index in [1.165, 1.54) is 25.5 Å². The molecule has 6 unspecified atom stereocenters. The normalized spacial score (nSPS) is 47.0. The summed E-state index contributed by atoms with van der Waals surface area (Å²) in [5.41, 5.74) is 1.43. The molecule has 0 aromatic carbocycles. The third kappa shape index (κ3) is 2.18. The predicted molar refractivity (Wildman–Crippen MR) is 90.8 cm³/mol. The number of fused-ring (bicyclic) bond motifs is 5. The van der Waals surface area contributed by atoms with E-state index in [0.29, 0.717) is 24.2 Å². The molecule has 132 valence electrons. The van der Waals surface area contributed by atoms with Crippen LogP contribution in [0.2, 0.25) is 0 Å². The molecule has 24 heavy (non-hydrogen) atoms. The number of carbonyl (C=O) groups is 2. The highest BCUT2D eigenvalue weighted by Crippen LogP contribution is 2.64. The van der Waals surface area contributed by atoms with Crippen molar-refractivity contribution in [2.24, 2.45) is 28.6 Å². The van der Waals surface area contributed by atoms with Crippen molar-refractivity contribution in [3.8, 4) is 0 Å². The van der Waals surface area contributed by atoms with E-state index in [1.807, 2.05) is 0 Å². The van der Waals surface area contributed by atoms with Crippen LogP contribution in [0.5, 0.6) is 0 Å². The Morgan fingerprint density at radius 3 is 2.75 bits per heavy atom. The second-order valence-electron chi connectivity index (χ2n) is 8.92. The van der Waals surface area contributed by atoms with E-state index in [9.17, 15) is 9.59 Å². The van der Waals surface area contributed by atoms with Crippen molar-refractivity contribution >= 4 is 11.9 Å². The molecule has 2 saturated carbocycles. The van der Waals surface area contributed by atoms with Crippen LogP contribution in [-0.4, -0.2) is 18.0 Å². The zero-order valence-corrected chi connectivity index (χ0v) is 15.1. The average molecular weight is 331 g/mol. The maximum absolute atomic E-state index is 11.8. The third-order valence-electron chi connectivity index (χ3n) is 7.83. The Bertz CT molecular complexity index is 612. The summed E-state index contributed by atoms with van der Waals surface area (Å²) in [6.07, 6.45) is 9.55. The Morgan fingerprint density at radius 2 is 2.00 bits per heavy atom. The molecule has 4 aliphatic rings. The lowest BCUT2D eigenvalue weighted by atomic mass is 9.50. The first-order chi connectivity index (χ1) is 11.3. The maximum atomic E-state index is 11.8. The van der Waals surface area contributed by atoms with E-state index in [0.717, 1.165) is 25.7 Å². The van der Waals surface area contributed by atoms with Gasteiger partial charge in [0, 0.05) is 29.9 Å². The van der Waals surface area contributed by atoms with Crippen LogP contribution < -0.4 is 5.32 Å². The molecule has 6 atom stereocenters. The standard InChI is InChI=1S/C20H29NO3/c1-12(22)24-17-7-5-14-13-4-6-16-19(2,11-9-18(23)21-16)15(13)8-10-20(14,17)3/h6,13-15,17H,4-5,7-11H2,1-3H3,(H,21,23). The maximum Gasteiger partial charge on any atom is 0.302 e. The Balaban J connectivity index is 1.63. The van der Waals surface area contributed by atoms with Crippen molar-refractivity contribution in [2.75, 3.05) is 0 Å². The van der Waals surface area contributed by atoms with Crippen LogP contribution in [0.4, 0.5) is 0 Å². The van der Waals surface area contributed by atoms with Gasteiger partial charge in [0.2, 0.25) is 5.91 Å². The minimum absolute atomic E-state index is 0.0881. The van der Waals surface area contributed by atoms with Gasteiger partial charge in [0.25, 0.3) is 0 Å². The fourth-order valence-corrected chi connectivity index (χ4v) is 6.54. The van der Waals surface area contributed by atoms with E-state index >= 15 is 0 Å². The van der Waals surface area contributed by atoms with E-state index in [2.05, 4.69) is 25.2 Å². The zero-order valence-electron chi connectivity index (χ0n) is 15.1. The van der Waals surface area contributed by atoms with E-state index in [1.54, 1.807) is 0 Å². The minimum Gasteiger partial charge on any atom is -0.462 e. The Morgan fingerprint density at radius 1 is 1.21 bits per heavy atom. The van der Waals surface area contributed by atoms with Gasteiger partial charge < -0.3 is 10.1 Å². The summed E-state index contributed by atoms with van der Waals surface area (Å²) in [6, 6.07) is 0. The van der Waals surface area contributed by atoms with Gasteiger partial charge in [-0.05, 0) is 56.3 Å². The fourth-order valence-electron chi connectivity index (χ4n) is 6.54. The van der Waals surface area contributed by atoms with Gasteiger partial charge in [-0.1, -0.05) is 19.9 Å². The second-order valence-corrected chi connectivity index (χ2v) is 8.92. The molecule has 0 radical (unpaired) electrons. The van der Waals surface area contributed by atoms with Crippen LogP contribution in [0.25, 0.3) is 0 Å². The molecule has 4 heteroatoms. The quantitative estimate of drug-likeness (QED) is 0.747. The van der Waals surface area contributed by atoms with Crippen molar-refractivity contribution in [3.63, 3.8) is 0 Å². The van der Waals surface area contributed by atoms with Gasteiger partial charge in [-0.2, -0.15) is 0 Å². The third-order valence-corrected chi connectivity index (χ3v) is 7.83. The summed E-state index contributed by atoms with van der Waals surface area (Å²) in [5, 5.41) is 3.15. The van der Waals surface area contributed by atoms with Crippen LogP contribution in [0, 0.1) is 28.6 Å². The van der Waals surface area contributed by atoms with E-state index < -0.39 is 0 Å². The highest BCUT2D eigenvalue weighted by molar-refractivity contribution is 5.79. The number of amides is 1. The molecule has 3 fully saturated rings. The molecule has 4 nitrogen and oxygen atoms in total. The van der Waals surface area contributed by atoms with Gasteiger partial charge in [0.1, 0.15) is 6.10 Å². The summed E-state index contributed by atoms with van der Waals surface area (Å²) in [5.74, 6) is 1.97. The minimum atomic E-state index is -0.142. The van der Waals surface area contributed by atoms with Crippen molar-refractivity contribution < 1.29 is 14.3 Å². The lowest BCUT2D eigenvalue weighted by molar-refractivity contribution is -0.156. The molecule has 4 rings (SSSR count). The van der Waals surface area contributed by atoms with Crippen molar-refractivity contribution in [2.45, 2.75) is 71.8 Å². The monoisotopic (exact) mass is 331 g/mol. The molecule has 1 saturated heterocycles. The van der Waals surface area contributed by atoms with Crippen molar-refractivity contribution in [1.29, 1.82) is 0 Å². The van der Waals surface area contributed by atoms with Gasteiger partial charge in [0.15, 0.2) is 0 Å². The summed E-state index contributed by atoms with van der Waals surface area (Å²) in [7, 11) is 0. The SMILES string of the molecule is CC(=O)OC1CCC2C3CC=C4NC(=O)CCC4(C)C3CCC12C. The Kier molecular flexibility index (Phi) is 3.59. The van der Waals surface area contributed by atoms with Crippen LogP contribution >= 0.6 is 0 Å². The summed E-state index contributed by atoms with van der Waals surface area (Å²) < 4.78 is 5.70. The van der Waals surface area contributed by atoms with E-state index in [-0.39, 0.29) is 28.8 Å². The summed E-state index contributed by atoms with van der Waals surface area (Å²) in [4.78, 5) is 23.3. The number of allylic oxidation sites excluding steroid dienone is 2. The predicted octanol–water partition coefficient (Wildman–Crippen LogP) is 3.56. The van der Waals surface area contributed by atoms with Gasteiger partial charge in [-0.25, -0.2) is 0 Å². The number of piperidine rings is 1. The number of hydrogen-bond donors (Lipinski definition) is 1. The van der Waals surface area contributed by atoms with Crippen LogP contribution in [0.3, 0.4) is 0 Å². The molecule has 3 aliphatic carbocycles. The van der Waals surface area contributed by atoms with Gasteiger partial charge in [-0.3, -0.25) is 9.59 Å². The molecule has 0 aromatic heterocycles. The van der Waals surface area contributed by atoms with Gasteiger partial charge >= 0.3 is 5.97 Å².